The third-order valence-corrected chi connectivity index (χ3v) is 5.48. The maximum atomic E-state index is 13.2. The number of hydrogen-bond donors (Lipinski definition) is 2. The van der Waals surface area contributed by atoms with Crippen LogP contribution in [0.15, 0.2) is 70.8 Å². The number of ether oxygens (including phenoxy) is 3. The summed E-state index contributed by atoms with van der Waals surface area (Å²) in [5.41, 5.74) is 0.839. The van der Waals surface area contributed by atoms with E-state index in [1.165, 1.54) is 31.4 Å². The standard InChI is InChI=1S/C24H18BrN3O7/c1-33-21-12-17(28(31)32)7-8-18(21)26-24(30)19(27-23(29)15-3-5-16(25)6-4-15)10-14-2-9-20-22(11-14)35-13-34-20/h2-12H,13H2,1H3,(H,26,30)(H,27,29). The van der Waals surface area contributed by atoms with Crippen molar-refractivity contribution >= 4 is 45.2 Å². The molecule has 0 aliphatic carbocycles. The maximum Gasteiger partial charge on any atom is 0.273 e. The number of benzene rings is 3. The number of carbonyl (C=O) groups excluding carboxylic acids is 2. The summed E-state index contributed by atoms with van der Waals surface area (Å²) >= 11 is 3.32. The van der Waals surface area contributed by atoms with Crippen LogP contribution in [0.25, 0.3) is 6.08 Å². The Morgan fingerprint density at radius 1 is 1.06 bits per heavy atom. The van der Waals surface area contributed by atoms with Gasteiger partial charge >= 0.3 is 0 Å². The molecule has 0 saturated carbocycles. The minimum absolute atomic E-state index is 0.0720. The van der Waals surface area contributed by atoms with Crippen LogP contribution in [0.3, 0.4) is 0 Å². The lowest BCUT2D eigenvalue weighted by Crippen LogP contribution is -2.30. The Bertz CT molecular complexity index is 1340. The Labute approximate surface area is 207 Å². The van der Waals surface area contributed by atoms with Crippen molar-refractivity contribution in [2.75, 3.05) is 19.2 Å². The Kier molecular flexibility index (Phi) is 6.97. The van der Waals surface area contributed by atoms with Gasteiger partial charge in [0, 0.05) is 16.1 Å². The Morgan fingerprint density at radius 2 is 1.80 bits per heavy atom. The quantitative estimate of drug-likeness (QED) is 0.257. The number of halogens is 1. The second-order valence-electron chi connectivity index (χ2n) is 7.23. The van der Waals surface area contributed by atoms with Crippen LogP contribution in [-0.4, -0.2) is 30.6 Å². The Hall–Kier alpha value is -4.38. The molecule has 1 heterocycles. The highest BCUT2D eigenvalue weighted by Crippen LogP contribution is 2.33. The first-order valence-electron chi connectivity index (χ1n) is 10.2. The van der Waals surface area contributed by atoms with E-state index in [1.54, 1.807) is 42.5 Å². The van der Waals surface area contributed by atoms with Gasteiger partial charge in [-0.1, -0.05) is 22.0 Å². The minimum atomic E-state index is -0.666. The lowest BCUT2D eigenvalue weighted by atomic mass is 10.1. The van der Waals surface area contributed by atoms with Crippen LogP contribution < -0.4 is 24.8 Å². The number of carbonyl (C=O) groups is 2. The van der Waals surface area contributed by atoms with Crippen molar-refractivity contribution in [2.24, 2.45) is 0 Å². The normalized spacial score (nSPS) is 12.1. The molecule has 1 aliphatic heterocycles. The van der Waals surface area contributed by atoms with E-state index in [1.807, 2.05) is 0 Å². The van der Waals surface area contributed by atoms with Gasteiger partial charge in [0.2, 0.25) is 6.79 Å². The van der Waals surface area contributed by atoms with Crippen molar-refractivity contribution in [2.45, 2.75) is 0 Å². The van der Waals surface area contributed by atoms with Gasteiger partial charge in [0.1, 0.15) is 11.4 Å². The van der Waals surface area contributed by atoms with Crippen LogP contribution in [0, 0.1) is 10.1 Å². The first-order chi connectivity index (χ1) is 16.8. The van der Waals surface area contributed by atoms with Gasteiger partial charge in [-0.2, -0.15) is 0 Å². The molecule has 10 nitrogen and oxygen atoms in total. The van der Waals surface area contributed by atoms with Gasteiger partial charge in [-0.05, 0) is 54.1 Å². The molecular formula is C24H18BrN3O7. The summed E-state index contributed by atoms with van der Waals surface area (Å²) in [6, 6.07) is 15.5. The molecule has 0 aromatic heterocycles. The number of non-ortho nitro benzene ring substituents is 1. The van der Waals surface area contributed by atoms with E-state index in [4.69, 9.17) is 14.2 Å². The van der Waals surface area contributed by atoms with Crippen LogP contribution in [0.1, 0.15) is 15.9 Å². The van der Waals surface area contributed by atoms with Crippen LogP contribution in [0.2, 0.25) is 0 Å². The third-order valence-electron chi connectivity index (χ3n) is 4.95. The topological polar surface area (TPSA) is 129 Å². The summed E-state index contributed by atoms with van der Waals surface area (Å²) in [4.78, 5) is 36.5. The number of nitrogens with one attached hydrogen (secondary N) is 2. The number of nitrogens with zero attached hydrogens (tertiary/aromatic N) is 1. The van der Waals surface area contributed by atoms with E-state index < -0.39 is 16.7 Å². The van der Waals surface area contributed by atoms with Crippen LogP contribution >= 0.6 is 15.9 Å². The Balaban J connectivity index is 1.65. The lowest BCUT2D eigenvalue weighted by molar-refractivity contribution is -0.384. The van der Waals surface area contributed by atoms with Gasteiger partial charge in [0.25, 0.3) is 17.5 Å². The fourth-order valence-electron chi connectivity index (χ4n) is 3.21. The molecule has 0 bridgehead atoms. The number of nitro benzene ring substituents is 1. The number of hydrogen-bond acceptors (Lipinski definition) is 7. The molecule has 3 aromatic rings. The zero-order chi connectivity index (χ0) is 24.9. The van der Waals surface area contributed by atoms with Gasteiger partial charge < -0.3 is 24.8 Å². The summed E-state index contributed by atoms with van der Waals surface area (Å²) in [5, 5.41) is 16.3. The molecular weight excluding hydrogens is 522 g/mol. The molecule has 11 heteroatoms. The summed E-state index contributed by atoms with van der Waals surface area (Å²) in [6.45, 7) is 0.0933. The SMILES string of the molecule is COc1cc([N+](=O)[O-])ccc1NC(=O)C(=Cc1ccc2c(c1)OCO2)NC(=O)c1ccc(Br)cc1. The first kappa shape index (κ1) is 23.8. The van der Waals surface area contributed by atoms with Crippen LogP contribution in [-0.2, 0) is 4.79 Å². The number of fused-ring (bicyclic) bond motifs is 1. The molecule has 1 aliphatic rings. The molecule has 178 valence electrons. The van der Waals surface area contributed by atoms with Crippen LogP contribution in [0.4, 0.5) is 11.4 Å². The van der Waals surface area contributed by atoms with E-state index >= 15 is 0 Å². The number of methoxy groups -OCH3 is 1. The van der Waals surface area contributed by atoms with Crippen molar-refractivity contribution in [3.05, 3.63) is 92.1 Å². The summed E-state index contributed by atoms with van der Waals surface area (Å²) in [7, 11) is 1.33. The molecule has 0 spiro atoms. The second-order valence-corrected chi connectivity index (χ2v) is 8.14. The highest BCUT2D eigenvalue weighted by molar-refractivity contribution is 9.10. The molecule has 0 saturated heterocycles. The van der Waals surface area contributed by atoms with Crippen LogP contribution in [0.5, 0.6) is 17.2 Å². The third kappa shape index (κ3) is 5.58. The molecule has 4 rings (SSSR count). The van der Waals surface area contributed by atoms with Gasteiger partial charge in [0.05, 0.1) is 23.8 Å². The minimum Gasteiger partial charge on any atom is -0.494 e. The molecule has 2 amide bonds. The lowest BCUT2D eigenvalue weighted by Gasteiger charge is -2.13. The molecule has 2 N–H and O–H groups in total. The van der Waals surface area contributed by atoms with Gasteiger partial charge in [-0.25, -0.2) is 0 Å². The summed E-state index contributed by atoms with van der Waals surface area (Å²) in [5.74, 6) is 0.00209. The number of amides is 2. The molecule has 0 unspecified atom stereocenters. The van der Waals surface area contributed by atoms with Crippen molar-refractivity contribution < 1.29 is 28.7 Å². The Morgan fingerprint density at radius 3 is 2.51 bits per heavy atom. The second kappa shape index (κ2) is 10.3. The average molecular weight is 540 g/mol. The first-order valence-corrected chi connectivity index (χ1v) is 11.0. The molecule has 35 heavy (non-hydrogen) atoms. The summed E-state index contributed by atoms with van der Waals surface area (Å²) in [6.07, 6.45) is 1.48. The van der Waals surface area contributed by atoms with Gasteiger partial charge in [-0.3, -0.25) is 19.7 Å². The maximum absolute atomic E-state index is 13.2. The highest BCUT2D eigenvalue weighted by Gasteiger charge is 2.19. The predicted octanol–water partition coefficient (Wildman–Crippen LogP) is 4.50. The van der Waals surface area contributed by atoms with E-state index in [2.05, 4.69) is 26.6 Å². The van der Waals surface area contributed by atoms with E-state index in [0.717, 1.165) is 4.47 Å². The number of anilines is 1. The van der Waals surface area contributed by atoms with Crippen molar-refractivity contribution in [3.8, 4) is 17.2 Å². The molecule has 0 atom stereocenters. The van der Waals surface area contributed by atoms with Crippen molar-refractivity contribution in [3.63, 3.8) is 0 Å². The van der Waals surface area contributed by atoms with E-state index in [9.17, 15) is 19.7 Å². The molecule has 0 radical (unpaired) electrons. The average Bonchev–Trinajstić information content (AvgIpc) is 3.32. The van der Waals surface area contributed by atoms with E-state index in [0.29, 0.717) is 22.6 Å². The monoisotopic (exact) mass is 539 g/mol. The van der Waals surface area contributed by atoms with Crippen molar-refractivity contribution in [1.82, 2.24) is 5.32 Å². The molecule has 0 fully saturated rings. The zero-order valence-electron chi connectivity index (χ0n) is 18.2. The van der Waals surface area contributed by atoms with Gasteiger partial charge in [-0.15, -0.1) is 0 Å². The largest absolute Gasteiger partial charge is 0.494 e. The zero-order valence-corrected chi connectivity index (χ0v) is 19.8. The highest BCUT2D eigenvalue weighted by atomic mass is 79.9. The number of nitro groups is 1. The smallest absolute Gasteiger partial charge is 0.273 e. The predicted molar refractivity (Wildman–Crippen MR) is 130 cm³/mol. The molecule has 3 aromatic carbocycles. The van der Waals surface area contributed by atoms with Gasteiger partial charge in [0.15, 0.2) is 11.5 Å². The van der Waals surface area contributed by atoms with Crippen molar-refractivity contribution in [1.29, 1.82) is 0 Å². The fraction of sp³-hybridized carbons (Fsp3) is 0.0833. The number of rotatable bonds is 7. The fourth-order valence-corrected chi connectivity index (χ4v) is 3.47. The summed E-state index contributed by atoms with van der Waals surface area (Å²) < 4.78 is 16.7. The van der Waals surface area contributed by atoms with E-state index in [-0.39, 0.29) is 29.6 Å².